The number of ether oxygens (including phenoxy) is 2. The van der Waals surface area contributed by atoms with E-state index in [2.05, 4.69) is 5.32 Å². The Morgan fingerprint density at radius 1 is 1.00 bits per heavy atom. The SMILES string of the molecule is CC(=O)NC(Cc1ccccc1)C(=O)O.COC(OC)[C@H](N)c1ccccc1. The van der Waals surface area contributed by atoms with Gasteiger partial charge in [0.05, 0.1) is 6.04 Å². The highest BCUT2D eigenvalue weighted by Gasteiger charge is 2.18. The fraction of sp³-hybridized carbons (Fsp3) is 0.333. The summed E-state index contributed by atoms with van der Waals surface area (Å²) in [6.45, 7) is 1.31. The smallest absolute Gasteiger partial charge is 0.326 e. The average Bonchev–Trinajstić information content (AvgIpc) is 2.70. The van der Waals surface area contributed by atoms with Crippen LogP contribution in [0.1, 0.15) is 24.1 Å². The number of rotatable bonds is 8. The van der Waals surface area contributed by atoms with E-state index in [-0.39, 0.29) is 18.2 Å². The Balaban J connectivity index is 0.000000283. The number of methoxy groups -OCH3 is 2. The van der Waals surface area contributed by atoms with Crippen molar-refractivity contribution in [3.05, 3.63) is 71.8 Å². The second-order valence-electron chi connectivity index (χ2n) is 6.06. The summed E-state index contributed by atoms with van der Waals surface area (Å²) in [4.78, 5) is 21.6. The molecule has 7 heteroatoms. The Morgan fingerprint density at radius 2 is 1.50 bits per heavy atom. The molecule has 2 aromatic rings. The second-order valence-corrected chi connectivity index (χ2v) is 6.06. The van der Waals surface area contributed by atoms with Gasteiger partial charge in [-0.3, -0.25) is 4.79 Å². The molecular formula is C21H28N2O5. The van der Waals surface area contributed by atoms with E-state index in [1.165, 1.54) is 6.92 Å². The quantitative estimate of drug-likeness (QED) is 0.598. The second kappa shape index (κ2) is 12.6. The zero-order chi connectivity index (χ0) is 20.9. The number of carboxylic acid groups (broad SMARTS) is 1. The Morgan fingerprint density at radius 3 is 1.93 bits per heavy atom. The largest absolute Gasteiger partial charge is 0.480 e. The van der Waals surface area contributed by atoms with Crippen molar-refractivity contribution in [2.45, 2.75) is 31.7 Å². The van der Waals surface area contributed by atoms with Gasteiger partial charge in [0.15, 0.2) is 6.29 Å². The van der Waals surface area contributed by atoms with E-state index in [0.717, 1.165) is 11.1 Å². The van der Waals surface area contributed by atoms with E-state index in [1.807, 2.05) is 60.7 Å². The van der Waals surface area contributed by atoms with Crippen LogP contribution in [0, 0.1) is 0 Å². The minimum Gasteiger partial charge on any atom is -0.480 e. The van der Waals surface area contributed by atoms with Gasteiger partial charge in [-0.05, 0) is 11.1 Å². The number of carbonyl (C=O) groups excluding carboxylic acids is 1. The molecular weight excluding hydrogens is 360 g/mol. The number of benzene rings is 2. The highest BCUT2D eigenvalue weighted by molar-refractivity contribution is 5.82. The maximum atomic E-state index is 10.8. The van der Waals surface area contributed by atoms with Gasteiger partial charge in [-0.15, -0.1) is 0 Å². The highest BCUT2D eigenvalue weighted by atomic mass is 16.7. The van der Waals surface area contributed by atoms with Crippen LogP contribution in [-0.4, -0.2) is 43.5 Å². The van der Waals surface area contributed by atoms with E-state index in [1.54, 1.807) is 14.2 Å². The van der Waals surface area contributed by atoms with Crippen molar-refractivity contribution in [1.29, 1.82) is 0 Å². The van der Waals surface area contributed by atoms with Gasteiger partial charge < -0.3 is 25.6 Å². The summed E-state index contributed by atoms with van der Waals surface area (Å²) in [5, 5.41) is 11.3. The molecule has 0 aliphatic rings. The van der Waals surface area contributed by atoms with Gasteiger partial charge in [0.25, 0.3) is 0 Å². The molecule has 7 nitrogen and oxygen atoms in total. The van der Waals surface area contributed by atoms with Crippen molar-refractivity contribution < 1.29 is 24.2 Å². The first kappa shape index (κ1) is 23.3. The van der Waals surface area contributed by atoms with E-state index in [4.69, 9.17) is 20.3 Å². The third-order valence-corrected chi connectivity index (χ3v) is 3.90. The van der Waals surface area contributed by atoms with Gasteiger partial charge in [-0.25, -0.2) is 4.79 Å². The zero-order valence-electron chi connectivity index (χ0n) is 16.4. The Hall–Kier alpha value is -2.74. The number of nitrogens with two attached hydrogens (primary N) is 1. The fourth-order valence-electron chi connectivity index (χ4n) is 2.52. The average molecular weight is 388 g/mol. The van der Waals surface area contributed by atoms with Crippen LogP contribution in [0.15, 0.2) is 60.7 Å². The normalized spacial score (nSPS) is 12.5. The predicted octanol–water partition coefficient (Wildman–Crippen LogP) is 2.12. The van der Waals surface area contributed by atoms with Gasteiger partial charge >= 0.3 is 5.97 Å². The minimum absolute atomic E-state index is 0.240. The zero-order valence-corrected chi connectivity index (χ0v) is 16.4. The first-order chi connectivity index (χ1) is 13.4. The van der Waals surface area contributed by atoms with Crippen molar-refractivity contribution in [2.24, 2.45) is 5.73 Å². The van der Waals surface area contributed by atoms with Crippen LogP contribution in [0.4, 0.5) is 0 Å². The summed E-state index contributed by atoms with van der Waals surface area (Å²) < 4.78 is 10.1. The van der Waals surface area contributed by atoms with Crippen molar-refractivity contribution in [2.75, 3.05) is 14.2 Å². The summed E-state index contributed by atoms with van der Waals surface area (Å²) in [5.41, 5.74) is 7.81. The van der Waals surface area contributed by atoms with Crippen LogP contribution < -0.4 is 11.1 Å². The molecule has 2 aromatic carbocycles. The van der Waals surface area contributed by atoms with Crippen LogP contribution in [0.5, 0.6) is 0 Å². The lowest BCUT2D eigenvalue weighted by Crippen LogP contribution is -2.41. The standard InChI is InChI=1S/C11H13NO3.C10H15NO2/c1-8(13)12-10(11(14)15)7-9-5-3-2-4-6-9;1-12-10(13-2)9(11)8-6-4-3-5-7-8/h2-6,10H,7H2,1H3,(H,12,13)(H,14,15);3-7,9-10H,11H2,1-2H3/t;9-/m.1/s1. The number of nitrogens with one attached hydrogen (secondary N) is 1. The van der Waals surface area contributed by atoms with Crippen molar-refractivity contribution >= 4 is 11.9 Å². The van der Waals surface area contributed by atoms with E-state index in [0.29, 0.717) is 6.42 Å². The molecule has 0 spiro atoms. The maximum absolute atomic E-state index is 10.8. The van der Waals surface area contributed by atoms with Crippen LogP contribution in [0.3, 0.4) is 0 Å². The van der Waals surface area contributed by atoms with Gasteiger partial charge in [-0.2, -0.15) is 0 Å². The summed E-state index contributed by atoms with van der Waals surface area (Å²) in [6, 6.07) is 17.8. The molecule has 1 amide bonds. The fourth-order valence-corrected chi connectivity index (χ4v) is 2.52. The first-order valence-corrected chi connectivity index (χ1v) is 8.79. The lowest BCUT2D eigenvalue weighted by atomic mass is 10.1. The monoisotopic (exact) mass is 388 g/mol. The lowest BCUT2D eigenvalue weighted by Gasteiger charge is -2.20. The summed E-state index contributed by atoms with van der Waals surface area (Å²) in [5.74, 6) is -1.35. The first-order valence-electron chi connectivity index (χ1n) is 8.79. The van der Waals surface area contributed by atoms with Gasteiger partial charge in [0.2, 0.25) is 5.91 Å². The molecule has 152 valence electrons. The molecule has 4 N–H and O–H groups in total. The van der Waals surface area contributed by atoms with Gasteiger partial charge in [0.1, 0.15) is 6.04 Å². The van der Waals surface area contributed by atoms with Gasteiger partial charge in [0, 0.05) is 27.6 Å². The molecule has 1 unspecified atom stereocenters. The molecule has 0 aliphatic carbocycles. The van der Waals surface area contributed by atoms with Crippen molar-refractivity contribution in [1.82, 2.24) is 5.32 Å². The summed E-state index contributed by atoms with van der Waals surface area (Å²) in [7, 11) is 3.16. The number of hydrogen-bond donors (Lipinski definition) is 3. The number of amides is 1. The van der Waals surface area contributed by atoms with E-state index < -0.39 is 12.0 Å². The third kappa shape index (κ3) is 8.30. The molecule has 0 aliphatic heterocycles. The number of hydrogen-bond acceptors (Lipinski definition) is 5. The molecule has 0 bridgehead atoms. The van der Waals surface area contributed by atoms with E-state index >= 15 is 0 Å². The lowest BCUT2D eigenvalue weighted by molar-refractivity contribution is -0.141. The van der Waals surface area contributed by atoms with Crippen LogP contribution in [-0.2, 0) is 25.5 Å². The number of aliphatic carboxylic acids is 1. The van der Waals surface area contributed by atoms with Crippen molar-refractivity contribution in [3.8, 4) is 0 Å². The molecule has 28 heavy (non-hydrogen) atoms. The Bertz CT molecular complexity index is 705. The minimum atomic E-state index is -1.02. The molecule has 0 saturated heterocycles. The Kier molecular flexibility index (Phi) is 10.5. The molecule has 0 heterocycles. The summed E-state index contributed by atoms with van der Waals surface area (Å²) in [6.07, 6.45) is -0.0853. The molecule has 0 fully saturated rings. The van der Waals surface area contributed by atoms with Gasteiger partial charge in [-0.1, -0.05) is 60.7 Å². The third-order valence-electron chi connectivity index (χ3n) is 3.90. The molecule has 0 aromatic heterocycles. The number of carboxylic acids is 1. The molecule has 2 atom stereocenters. The predicted molar refractivity (Wildman–Crippen MR) is 107 cm³/mol. The maximum Gasteiger partial charge on any atom is 0.326 e. The molecule has 2 rings (SSSR count). The topological polar surface area (TPSA) is 111 Å². The molecule has 0 saturated carbocycles. The summed E-state index contributed by atoms with van der Waals surface area (Å²) >= 11 is 0. The highest BCUT2D eigenvalue weighted by Crippen LogP contribution is 2.15. The van der Waals surface area contributed by atoms with Crippen LogP contribution >= 0.6 is 0 Å². The van der Waals surface area contributed by atoms with Crippen LogP contribution in [0.2, 0.25) is 0 Å². The van der Waals surface area contributed by atoms with E-state index in [9.17, 15) is 9.59 Å². The van der Waals surface area contributed by atoms with Crippen molar-refractivity contribution in [3.63, 3.8) is 0 Å². The van der Waals surface area contributed by atoms with Crippen LogP contribution in [0.25, 0.3) is 0 Å². The number of carbonyl (C=O) groups is 2. The Labute approximate surface area is 165 Å². The molecule has 0 radical (unpaired) electrons.